The van der Waals surface area contributed by atoms with Gasteiger partial charge >= 0.3 is 0 Å². The summed E-state index contributed by atoms with van der Waals surface area (Å²) < 4.78 is 21.9. The van der Waals surface area contributed by atoms with E-state index in [9.17, 15) is 18.0 Å². The molecular weight excluding hydrogens is 246 g/mol. The van der Waals surface area contributed by atoms with Crippen molar-refractivity contribution < 1.29 is 13.2 Å². The number of H-pyrrole nitrogens is 1. The quantitative estimate of drug-likeness (QED) is 0.738. The average Bonchev–Trinajstić information content (AvgIpc) is 2.25. The highest BCUT2D eigenvalue weighted by Gasteiger charge is 2.14. The summed E-state index contributed by atoms with van der Waals surface area (Å²) in [6.45, 7) is 0.0818. The van der Waals surface area contributed by atoms with Crippen LogP contribution in [0.2, 0.25) is 0 Å². The Bertz CT molecular complexity index is 543. The third kappa shape index (κ3) is 4.35. The van der Waals surface area contributed by atoms with E-state index in [-0.39, 0.29) is 18.0 Å². The summed E-state index contributed by atoms with van der Waals surface area (Å²) in [6, 6.07) is 2.47. The minimum atomic E-state index is -3.11. The number of sulfone groups is 1. The van der Waals surface area contributed by atoms with Gasteiger partial charge in [-0.15, -0.1) is 0 Å². The van der Waals surface area contributed by atoms with E-state index >= 15 is 0 Å². The number of aromatic nitrogens is 2. The maximum Gasteiger partial charge on any atom is 0.274 e. The van der Waals surface area contributed by atoms with Crippen LogP contribution in [-0.4, -0.2) is 55.0 Å². The highest BCUT2D eigenvalue weighted by Crippen LogP contribution is 1.97. The van der Waals surface area contributed by atoms with Crippen LogP contribution < -0.4 is 5.56 Å². The molecule has 1 N–H and O–H groups in total. The van der Waals surface area contributed by atoms with Gasteiger partial charge in [0, 0.05) is 25.9 Å². The van der Waals surface area contributed by atoms with Crippen molar-refractivity contribution in [1.82, 2.24) is 15.1 Å². The maximum atomic E-state index is 11.7. The SMILES string of the molecule is CN(CCS(C)(=O)=O)C(=O)c1ccc(=O)[nH]n1. The maximum absolute atomic E-state index is 11.7. The van der Waals surface area contributed by atoms with Gasteiger partial charge in [0.1, 0.15) is 15.5 Å². The first-order valence-corrected chi connectivity index (χ1v) is 6.84. The molecule has 17 heavy (non-hydrogen) atoms. The summed E-state index contributed by atoms with van der Waals surface area (Å²) >= 11 is 0. The summed E-state index contributed by atoms with van der Waals surface area (Å²) in [5, 5.41) is 5.70. The number of carbonyl (C=O) groups is 1. The molecule has 0 radical (unpaired) electrons. The van der Waals surface area contributed by atoms with Gasteiger partial charge in [0.15, 0.2) is 0 Å². The smallest absolute Gasteiger partial charge is 0.274 e. The molecule has 8 heteroatoms. The van der Waals surface area contributed by atoms with Crippen molar-refractivity contribution in [3.8, 4) is 0 Å². The average molecular weight is 259 g/mol. The number of rotatable bonds is 4. The van der Waals surface area contributed by atoms with Crippen LogP contribution in [0.5, 0.6) is 0 Å². The van der Waals surface area contributed by atoms with E-state index in [1.54, 1.807) is 0 Å². The molecule has 0 saturated heterocycles. The molecule has 0 aliphatic rings. The molecule has 7 nitrogen and oxygen atoms in total. The standard InChI is InChI=1S/C9H13N3O4S/c1-12(5-6-17(2,15)16)9(14)7-3-4-8(13)11-10-7/h3-4H,5-6H2,1-2H3,(H,11,13). The Hall–Kier alpha value is -1.70. The van der Waals surface area contributed by atoms with Crippen LogP contribution >= 0.6 is 0 Å². The first kappa shape index (κ1) is 13.4. The van der Waals surface area contributed by atoms with E-state index in [1.165, 1.54) is 24.1 Å². The molecule has 0 aromatic carbocycles. The molecule has 94 valence electrons. The van der Waals surface area contributed by atoms with Crippen molar-refractivity contribution in [2.45, 2.75) is 0 Å². The van der Waals surface area contributed by atoms with Crippen molar-refractivity contribution >= 4 is 15.7 Å². The molecule has 1 amide bonds. The third-order valence-corrected chi connectivity index (χ3v) is 2.97. The number of amides is 1. The minimum absolute atomic E-state index is 0.0700. The van der Waals surface area contributed by atoms with Crippen LogP contribution in [0, 0.1) is 0 Å². The Morgan fingerprint density at radius 3 is 2.59 bits per heavy atom. The normalized spacial score (nSPS) is 11.2. The number of aromatic amines is 1. The van der Waals surface area contributed by atoms with Gasteiger partial charge in [-0.25, -0.2) is 13.5 Å². The fourth-order valence-electron chi connectivity index (χ4n) is 1.06. The molecular formula is C9H13N3O4S. The molecule has 0 aliphatic heterocycles. The van der Waals surface area contributed by atoms with Crippen molar-refractivity contribution in [3.05, 3.63) is 28.2 Å². The third-order valence-electron chi connectivity index (χ3n) is 2.04. The molecule has 0 bridgehead atoms. The topological polar surface area (TPSA) is 100 Å². The van der Waals surface area contributed by atoms with E-state index in [2.05, 4.69) is 10.2 Å². The molecule has 0 saturated carbocycles. The van der Waals surface area contributed by atoms with Crippen molar-refractivity contribution in [3.63, 3.8) is 0 Å². The van der Waals surface area contributed by atoms with Gasteiger partial charge in [-0.2, -0.15) is 5.10 Å². The molecule has 1 heterocycles. The summed E-state index contributed by atoms with van der Waals surface area (Å²) in [6.07, 6.45) is 1.10. The second kappa shape index (κ2) is 5.09. The van der Waals surface area contributed by atoms with E-state index in [0.717, 1.165) is 6.26 Å². The molecule has 0 fully saturated rings. The summed E-state index contributed by atoms with van der Waals surface area (Å²) in [5.74, 6) is -0.552. The van der Waals surface area contributed by atoms with Crippen LogP contribution in [0.15, 0.2) is 16.9 Å². The van der Waals surface area contributed by atoms with Crippen molar-refractivity contribution in [1.29, 1.82) is 0 Å². The molecule has 0 aliphatic carbocycles. The fraction of sp³-hybridized carbons (Fsp3) is 0.444. The second-order valence-corrected chi connectivity index (χ2v) is 5.92. The van der Waals surface area contributed by atoms with Gasteiger partial charge in [-0.3, -0.25) is 9.59 Å². The monoisotopic (exact) mass is 259 g/mol. The number of nitrogens with one attached hydrogen (secondary N) is 1. The first-order valence-electron chi connectivity index (χ1n) is 4.78. The fourth-order valence-corrected chi connectivity index (χ4v) is 1.67. The lowest BCUT2D eigenvalue weighted by molar-refractivity contribution is 0.0796. The first-order chi connectivity index (χ1) is 7.79. The largest absolute Gasteiger partial charge is 0.339 e. The molecule has 1 rings (SSSR count). The lowest BCUT2D eigenvalue weighted by Crippen LogP contribution is -2.32. The van der Waals surface area contributed by atoms with Gasteiger partial charge in [0.2, 0.25) is 0 Å². The zero-order valence-electron chi connectivity index (χ0n) is 9.50. The van der Waals surface area contributed by atoms with Crippen LogP contribution in [0.3, 0.4) is 0 Å². The number of nitrogens with zero attached hydrogens (tertiary/aromatic N) is 2. The number of hydrogen-bond acceptors (Lipinski definition) is 5. The van der Waals surface area contributed by atoms with Gasteiger partial charge in [-0.05, 0) is 6.07 Å². The summed E-state index contributed by atoms with van der Waals surface area (Å²) in [5.41, 5.74) is -0.332. The molecule has 0 spiro atoms. The minimum Gasteiger partial charge on any atom is -0.339 e. The Balaban J connectivity index is 2.70. The Morgan fingerprint density at radius 1 is 1.47 bits per heavy atom. The van der Waals surface area contributed by atoms with E-state index in [0.29, 0.717) is 0 Å². The highest BCUT2D eigenvalue weighted by atomic mass is 32.2. The Labute approximate surface area is 98.4 Å². The lowest BCUT2D eigenvalue weighted by atomic mass is 10.3. The predicted molar refractivity (Wildman–Crippen MR) is 61.5 cm³/mol. The Kier molecular flexibility index (Phi) is 4.00. The summed E-state index contributed by atoms with van der Waals surface area (Å²) in [7, 11) is -1.64. The van der Waals surface area contributed by atoms with Gasteiger partial charge in [0.25, 0.3) is 11.5 Å². The van der Waals surface area contributed by atoms with E-state index < -0.39 is 21.3 Å². The summed E-state index contributed by atoms with van der Waals surface area (Å²) in [4.78, 5) is 23.7. The highest BCUT2D eigenvalue weighted by molar-refractivity contribution is 7.90. The number of carbonyl (C=O) groups excluding carboxylic acids is 1. The Morgan fingerprint density at radius 2 is 2.12 bits per heavy atom. The zero-order chi connectivity index (χ0) is 13.1. The van der Waals surface area contributed by atoms with Gasteiger partial charge in [-0.1, -0.05) is 0 Å². The van der Waals surface area contributed by atoms with Gasteiger partial charge in [0.05, 0.1) is 5.75 Å². The lowest BCUT2D eigenvalue weighted by Gasteiger charge is -2.15. The van der Waals surface area contributed by atoms with Crippen LogP contribution in [-0.2, 0) is 9.84 Å². The molecule has 0 unspecified atom stereocenters. The van der Waals surface area contributed by atoms with Crippen molar-refractivity contribution in [2.24, 2.45) is 0 Å². The van der Waals surface area contributed by atoms with Crippen molar-refractivity contribution in [2.75, 3.05) is 25.6 Å². The van der Waals surface area contributed by atoms with E-state index in [4.69, 9.17) is 0 Å². The zero-order valence-corrected chi connectivity index (χ0v) is 10.3. The van der Waals surface area contributed by atoms with Gasteiger partial charge < -0.3 is 4.90 Å². The molecule has 0 atom stereocenters. The predicted octanol–water partition coefficient (Wildman–Crippen LogP) is -1.11. The van der Waals surface area contributed by atoms with Crippen LogP contribution in [0.4, 0.5) is 0 Å². The van der Waals surface area contributed by atoms with E-state index in [1.807, 2.05) is 0 Å². The van der Waals surface area contributed by atoms with Crippen LogP contribution in [0.25, 0.3) is 0 Å². The molecule has 1 aromatic rings. The van der Waals surface area contributed by atoms with Crippen LogP contribution in [0.1, 0.15) is 10.5 Å². The second-order valence-electron chi connectivity index (χ2n) is 3.66. The molecule has 1 aromatic heterocycles. The number of hydrogen-bond donors (Lipinski definition) is 1.